The Hall–Kier alpha value is -0.800. The van der Waals surface area contributed by atoms with E-state index in [0.717, 1.165) is 23.9 Å². The third-order valence-corrected chi connectivity index (χ3v) is 3.38. The highest BCUT2D eigenvalue weighted by Crippen LogP contribution is 2.41. The van der Waals surface area contributed by atoms with E-state index in [2.05, 4.69) is 16.0 Å². The largest absolute Gasteiger partial charge is 0.352 e. The van der Waals surface area contributed by atoms with Crippen LogP contribution in [0, 0.1) is 0 Å². The molecular weight excluding hydrogens is 210 g/mol. The molecule has 1 aromatic rings. The van der Waals surface area contributed by atoms with Gasteiger partial charge in [0.25, 0.3) is 0 Å². The van der Waals surface area contributed by atoms with Crippen molar-refractivity contribution in [1.82, 2.24) is 4.98 Å². The number of pyridine rings is 1. The molecule has 3 rings (SSSR count). The summed E-state index contributed by atoms with van der Waals surface area (Å²) < 4.78 is 0. The molecule has 0 bridgehead atoms. The SMILES string of the molecule is NC1CN(c2ncc(C3CC3)cc2Cl)C1. The Morgan fingerprint density at radius 3 is 2.67 bits per heavy atom. The van der Waals surface area contributed by atoms with Crippen molar-refractivity contribution in [2.24, 2.45) is 5.73 Å². The van der Waals surface area contributed by atoms with Gasteiger partial charge in [-0.1, -0.05) is 11.6 Å². The first-order chi connectivity index (χ1) is 7.24. The number of hydrogen-bond donors (Lipinski definition) is 1. The molecule has 2 heterocycles. The second kappa shape index (κ2) is 3.35. The van der Waals surface area contributed by atoms with E-state index < -0.39 is 0 Å². The summed E-state index contributed by atoms with van der Waals surface area (Å²) in [5.41, 5.74) is 7.02. The van der Waals surface area contributed by atoms with Crippen LogP contribution in [0.1, 0.15) is 24.3 Å². The molecule has 0 aromatic carbocycles. The van der Waals surface area contributed by atoms with E-state index in [1.807, 2.05) is 6.20 Å². The maximum atomic E-state index is 6.21. The first-order valence-electron chi connectivity index (χ1n) is 5.40. The predicted molar refractivity (Wildman–Crippen MR) is 61.4 cm³/mol. The van der Waals surface area contributed by atoms with E-state index in [0.29, 0.717) is 5.92 Å². The standard InChI is InChI=1S/C11H14ClN3/c12-10-3-8(7-1-2-7)4-14-11(10)15-5-9(13)6-15/h3-4,7,9H,1-2,5-6,13H2. The van der Waals surface area contributed by atoms with Crippen molar-refractivity contribution in [1.29, 1.82) is 0 Å². The first-order valence-corrected chi connectivity index (χ1v) is 5.78. The van der Waals surface area contributed by atoms with Crippen molar-refractivity contribution >= 4 is 17.4 Å². The van der Waals surface area contributed by atoms with Crippen LogP contribution >= 0.6 is 11.6 Å². The summed E-state index contributed by atoms with van der Waals surface area (Å²) in [7, 11) is 0. The summed E-state index contributed by atoms with van der Waals surface area (Å²) in [6.07, 6.45) is 4.53. The highest BCUT2D eigenvalue weighted by atomic mass is 35.5. The molecule has 3 nitrogen and oxygen atoms in total. The fourth-order valence-corrected chi connectivity index (χ4v) is 2.30. The van der Waals surface area contributed by atoms with Crippen molar-refractivity contribution in [2.45, 2.75) is 24.8 Å². The number of aromatic nitrogens is 1. The molecule has 0 amide bonds. The molecule has 1 aliphatic carbocycles. The number of anilines is 1. The van der Waals surface area contributed by atoms with Crippen molar-refractivity contribution in [3.05, 3.63) is 22.8 Å². The van der Waals surface area contributed by atoms with Crippen LogP contribution in [-0.4, -0.2) is 24.1 Å². The average Bonchev–Trinajstić information content (AvgIpc) is 2.96. The lowest BCUT2D eigenvalue weighted by Gasteiger charge is -2.38. The third-order valence-electron chi connectivity index (χ3n) is 3.10. The Kier molecular flexibility index (Phi) is 2.11. The van der Waals surface area contributed by atoms with Crippen molar-refractivity contribution in [3.8, 4) is 0 Å². The Bertz CT molecular complexity index is 383. The molecule has 0 spiro atoms. The van der Waals surface area contributed by atoms with E-state index in [-0.39, 0.29) is 6.04 Å². The van der Waals surface area contributed by atoms with Gasteiger partial charge in [0.15, 0.2) is 0 Å². The van der Waals surface area contributed by atoms with Gasteiger partial charge in [0, 0.05) is 25.3 Å². The lowest BCUT2D eigenvalue weighted by Crippen LogP contribution is -2.56. The lowest BCUT2D eigenvalue weighted by molar-refractivity contribution is 0.514. The van der Waals surface area contributed by atoms with Gasteiger partial charge < -0.3 is 10.6 Å². The van der Waals surface area contributed by atoms with Gasteiger partial charge in [-0.25, -0.2) is 4.98 Å². The molecule has 4 heteroatoms. The topological polar surface area (TPSA) is 42.1 Å². The van der Waals surface area contributed by atoms with Gasteiger partial charge in [-0.05, 0) is 30.4 Å². The number of nitrogens with zero attached hydrogens (tertiary/aromatic N) is 2. The van der Waals surface area contributed by atoms with E-state index in [9.17, 15) is 0 Å². The number of hydrogen-bond acceptors (Lipinski definition) is 3. The Balaban J connectivity index is 1.83. The smallest absolute Gasteiger partial charge is 0.147 e. The molecule has 1 saturated carbocycles. The van der Waals surface area contributed by atoms with Gasteiger partial charge in [-0.2, -0.15) is 0 Å². The molecule has 0 radical (unpaired) electrons. The summed E-state index contributed by atoms with van der Waals surface area (Å²) >= 11 is 6.21. The number of rotatable bonds is 2. The van der Waals surface area contributed by atoms with Gasteiger partial charge in [0.1, 0.15) is 5.82 Å². The zero-order valence-corrected chi connectivity index (χ0v) is 9.24. The minimum absolute atomic E-state index is 0.283. The second-order valence-electron chi connectivity index (χ2n) is 4.51. The first kappa shape index (κ1) is 9.43. The molecule has 1 aliphatic heterocycles. The van der Waals surface area contributed by atoms with Crippen molar-refractivity contribution < 1.29 is 0 Å². The number of halogens is 1. The van der Waals surface area contributed by atoms with Crippen LogP contribution in [0.4, 0.5) is 5.82 Å². The number of nitrogens with two attached hydrogens (primary N) is 1. The molecule has 0 unspecified atom stereocenters. The zero-order valence-electron chi connectivity index (χ0n) is 8.49. The highest BCUT2D eigenvalue weighted by molar-refractivity contribution is 6.33. The van der Waals surface area contributed by atoms with Crippen LogP contribution in [0.15, 0.2) is 12.3 Å². The minimum atomic E-state index is 0.283. The Morgan fingerprint density at radius 2 is 2.13 bits per heavy atom. The maximum Gasteiger partial charge on any atom is 0.147 e. The summed E-state index contributed by atoms with van der Waals surface area (Å²) in [5.74, 6) is 1.60. The minimum Gasteiger partial charge on any atom is -0.352 e. The van der Waals surface area contributed by atoms with Crippen LogP contribution in [-0.2, 0) is 0 Å². The highest BCUT2D eigenvalue weighted by Gasteiger charge is 2.28. The second-order valence-corrected chi connectivity index (χ2v) is 4.92. The van der Waals surface area contributed by atoms with Gasteiger partial charge in [-0.3, -0.25) is 0 Å². The van der Waals surface area contributed by atoms with E-state index in [1.165, 1.54) is 18.4 Å². The van der Waals surface area contributed by atoms with Crippen molar-refractivity contribution in [3.63, 3.8) is 0 Å². The molecule has 15 heavy (non-hydrogen) atoms. The molecule has 80 valence electrons. The summed E-state index contributed by atoms with van der Waals surface area (Å²) in [4.78, 5) is 6.56. The Labute approximate surface area is 94.2 Å². The fourth-order valence-electron chi connectivity index (χ4n) is 2.00. The predicted octanol–water partition coefficient (Wildman–Crippen LogP) is 1.76. The molecular formula is C11H14ClN3. The summed E-state index contributed by atoms with van der Waals surface area (Å²) in [5, 5.41) is 0.770. The zero-order chi connectivity index (χ0) is 10.4. The summed E-state index contributed by atoms with van der Waals surface area (Å²) in [6, 6.07) is 2.34. The molecule has 2 aliphatic rings. The van der Waals surface area contributed by atoms with Crippen LogP contribution in [0.25, 0.3) is 0 Å². The molecule has 1 aromatic heterocycles. The van der Waals surface area contributed by atoms with Crippen LogP contribution in [0.3, 0.4) is 0 Å². The van der Waals surface area contributed by atoms with Gasteiger partial charge in [0.2, 0.25) is 0 Å². The lowest BCUT2D eigenvalue weighted by atomic mass is 10.1. The maximum absolute atomic E-state index is 6.21. The van der Waals surface area contributed by atoms with E-state index >= 15 is 0 Å². The van der Waals surface area contributed by atoms with Crippen LogP contribution < -0.4 is 10.6 Å². The Morgan fingerprint density at radius 1 is 1.40 bits per heavy atom. The normalized spacial score (nSPS) is 21.6. The van der Waals surface area contributed by atoms with Crippen LogP contribution in [0.2, 0.25) is 5.02 Å². The molecule has 0 atom stereocenters. The van der Waals surface area contributed by atoms with E-state index in [4.69, 9.17) is 17.3 Å². The van der Waals surface area contributed by atoms with Gasteiger partial charge >= 0.3 is 0 Å². The average molecular weight is 224 g/mol. The molecule has 2 fully saturated rings. The fraction of sp³-hybridized carbons (Fsp3) is 0.545. The van der Waals surface area contributed by atoms with Crippen molar-refractivity contribution in [2.75, 3.05) is 18.0 Å². The van der Waals surface area contributed by atoms with E-state index in [1.54, 1.807) is 0 Å². The molecule has 2 N–H and O–H groups in total. The summed E-state index contributed by atoms with van der Waals surface area (Å²) in [6.45, 7) is 1.74. The van der Waals surface area contributed by atoms with Gasteiger partial charge in [0.05, 0.1) is 5.02 Å². The molecule has 1 saturated heterocycles. The third kappa shape index (κ3) is 1.70. The van der Waals surface area contributed by atoms with Crippen LogP contribution in [0.5, 0.6) is 0 Å². The monoisotopic (exact) mass is 223 g/mol. The van der Waals surface area contributed by atoms with Gasteiger partial charge in [-0.15, -0.1) is 0 Å². The quantitative estimate of drug-likeness (QED) is 0.831.